The minimum atomic E-state index is -1.08. The van der Waals surface area contributed by atoms with Gasteiger partial charge in [-0.15, -0.1) is 0 Å². The van der Waals surface area contributed by atoms with E-state index < -0.39 is 48.0 Å². The van der Waals surface area contributed by atoms with Gasteiger partial charge in [0.05, 0.1) is 42.7 Å². The van der Waals surface area contributed by atoms with Crippen molar-refractivity contribution >= 4 is 40.9 Å². The minimum Gasteiger partial charge on any atom is -0.481 e. The smallest absolute Gasteiger partial charge is 0.307 e. The lowest BCUT2D eigenvalue weighted by atomic mass is 9.83. The number of Topliss-reactive ketones (excluding diaryl/α,β-unsaturated/α-hetero) is 2. The van der Waals surface area contributed by atoms with Crippen molar-refractivity contribution in [2.75, 3.05) is 47.2 Å². The summed E-state index contributed by atoms with van der Waals surface area (Å²) in [5.41, 5.74) is 1.34. The summed E-state index contributed by atoms with van der Waals surface area (Å²) in [5, 5.41) is 12.9. The monoisotopic (exact) mass is 815 g/mol. The van der Waals surface area contributed by atoms with Crippen LogP contribution in [0.5, 0.6) is 0 Å². The first-order chi connectivity index (χ1) is 27.2. The fourth-order valence-corrected chi connectivity index (χ4v) is 8.74. The molecule has 0 saturated carbocycles. The number of ether oxygens (including phenoxy) is 2. The Morgan fingerprint density at radius 3 is 1.97 bits per heavy atom. The van der Waals surface area contributed by atoms with Gasteiger partial charge in [0, 0.05) is 64.6 Å². The molecule has 13 nitrogen and oxygen atoms in total. The van der Waals surface area contributed by atoms with Crippen LogP contribution in [0.1, 0.15) is 106 Å². The first-order valence-corrected chi connectivity index (χ1v) is 21.2. The summed E-state index contributed by atoms with van der Waals surface area (Å²) < 4.78 is 12.0. The molecule has 0 bridgehead atoms. The molecule has 58 heavy (non-hydrogen) atoms. The van der Waals surface area contributed by atoms with Crippen LogP contribution in [0.25, 0.3) is 0 Å². The molecule has 0 aliphatic carbocycles. The average Bonchev–Trinajstić information content (AvgIpc) is 3.66. The molecular weight excluding hydrogens is 741 g/mol. The van der Waals surface area contributed by atoms with Gasteiger partial charge in [-0.25, -0.2) is 0 Å². The number of aliphatic carboxylic acids is 1. The second kappa shape index (κ2) is 23.8. The molecule has 1 aliphatic rings. The van der Waals surface area contributed by atoms with Crippen molar-refractivity contribution in [2.45, 2.75) is 137 Å². The number of methoxy groups -OCH3 is 2. The predicted octanol–water partition coefficient (Wildman–Crippen LogP) is 5.98. The molecule has 13 heteroatoms. The largest absolute Gasteiger partial charge is 0.481 e. The molecule has 1 heterocycles. The number of likely N-dealkylation sites (N-methyl/N-ethyl adjacent to an activating group) is 2. The number of benzene rings is 1. The van der Waals surface area contributed by atoms with Crippen molar-refractivity contribution in [1.82, 2.24) is 14.7 Å². The zero-order valence-corrected chi connectivity index (χ0v) is 37.6. The minimum absolute atomic E-state index is 0.00171. The standard InChI is InChI=1S/C45H74N4O9/c1-14-29(7)42(48(11)44(54)34(27(3)4)25-37(51)41(28(5)6)47(9)10)38(57-12)26-40(53)49-22-16-17-35(49)43(58-13)30(8)36(50)24-32(45(55)56)23-31-18-20-33(21-19-31)46-39(52)15-2/h18-21,27-30,32,34-35,38,41-43H,14-17,22-26H2,1-13H3,(H,46,52)(H,55,56)/t29?,30-,32+,34-,35-,38?,41-,42-,43+/m0/s1. The Morgan fingerprint density at radius 1 is 0.862 bits per heavy atom. The van der Waals surface area contributed by atoms with Crippen LogP contribution in [-0.2, 0) is 44.7 Å². The van der Waals surface area contributed by atoms with Crippen LogP contribution in [0.15, 0.2) is 24.3 Å². The number of hydrogen-bond acceptors (Lipinski definition) is 9. The topological polar surface area (TPSA) is 163 Å². The summed E-state index contributed by atoms with van der Waals surface area (Å²) >= 11 is 0. The Morgan fingerprint density at radius 2 is 1.48 bits per heavy atom. The van der Waals surface area contributed by atoms with Crippen LogP contribution < -0.4 is 5.32 Å². The zero-order chi connectivity index (χ0) is 44.0. The maximum absolute atomic E-state index is 14.3. The van der Waals surface area contributed by atoms with E-state index in [9.17, 15) is 33.9 Å². The molecule has 1 fully saturated rings. The highest BCUT2D eigenvalue weighted by Crippen LogP contribution is 2.32. The fraction of sp³-hybridized carbons (Fsp3) is 0.733. The molecule has 0 aromatic heterocycles. The predicted molar refractivity (Wildman–Crippen MR) is 226 cm³/mol. The molecule has 1 aliphatic heterocycles. The number of nitrogens with one attached hydrogen (secondary N) is 1. The second-order valence-corrected chi connectivity index (χ2v) is 17.3. The number of likely N-dealkylation sites (tertiary alicyclic amines) is 1. The molecular formula is C45H74N4O9. The third kappa shape index (κ3) is 13.7. The van der Waals surface area contributed by atoms with Gasteiger partial charge in [0.2, 0.25) is 17.7 Å². The van der Waals surface area contributed by atoms with Gasteiger partial charge in [0.25, 0.3) is 0 Å². The van der Waals surface area contributed by atoms with Gasteiger partial charge >= 0.3 is 5.97 Å². The van der Waals surface area contributed by atoms with E-state index in [0.717, 1.165) is 12.0 Å². The van der Waals surface area contributed by atoms with Crippen molar-refractivity contribution in [3.63, 3.8) is 0 Å². The number of carbonyl (C=O) groups is 6. The first-order valence-electron chi connectivity index (χ1n) is 21.2. The van der Waals surface area contributed by atoms with E-state index in [1.807, 2.05) is 60.5 Å². The number of rotatable bonds is 25. The van der Waals surface area contributed by atoms with Crippen molar-refractivity contribution in [3.05, 3.63) is 29.8 Å². The van der Waals surface area contributed by atoms with Crippen LogP contribution in [-0.4, -0.2) is 127 Å². The maximum Gasteiger partial charge on any atom is 0.307 e. The van der Waals surface area contributed by atoms with E-state index in [4.69, 9.17) is 9.47 Å². The Hall–Kier alpha value is -3.68. The normalized spacial score (nSPS) is 18.6. The molecule has 3 amide bonds. The number of carboxylic acid groups (broad SMARTS) is 1. The molecule has 0 spiro atoms. The van der Waals surface area contributed by atoms with Gasteiger partial charge in [-0.05, 0) is 68.8 Å². The fourth-order valence-electron chi connectivity index (χ4n) is 8.74. The van der Waals surface area contributed by atoms with Gasteiger partial charge in [-0.1, -0.05) is 73.9 Å². The summed E-state index contributed by atoms with van der Waals surface area (Å²) in [7, 11) is 8.58. The van der Waals surface area contributed by atoms with Crippen molar-refractivity contribution in [2.24, 2.45) is 35.5 Å². The number of anilines is 1. The second-order valence-electron chi connectivity index (χ2n) is 17.3. The summed E-state index contributed by atoms with van der Waals surface area (Å²) in [6, 6.07) is 5.77. The van der Waals surface area contributed by atoms with Gasteiger partial charge in [-0.2, -0.15) is 0 Å². The third-order valence-corrected chi connectivity index (χ3v) is 12.3. The number of ketones is 2. The quantitative estimate of drug-likeness (QED) is 0.120. The van der Waals surface area contributed by atoms with Crippen molar-refractivity contribution in [3.8, 4) is 0 Å². The third-order valence-electron chi connectivity index (χ3n) is 12.3. The SMILES string of the molecule is CCC(=O)Nc1ccc(C[C@H](CC(=O)[C@H](C)[C@@H](OC)[C@@H]2CCCN2C(=O)CC(OC)[C@H](C(C)CC)N(C)C(=O)[C@@H](CC(=O)[C@H](C(C)C)N(C)C)C(C)C)C(=O)O)cc1. The molecule has 1 aromatic rings. The molecule has 328 valence electrons. The molecule has 1 saturated heterocycles. The highest BCUT2D eigenvalue weighted by Gasteiger charge is 2.43. The highest BCUT2D eigenvalue weighted by molar-refractivity contribution is 5.91. The van der Waals surface area contributed by atoms with E-state index in [1.54, 1.807) is 62.1 Å². The molecule has 1 aromatic carbocycles. The van der Waals surface area contributed by atoms with Gasteiger partial charge in [0.15, 0.2) is 5.78 Å². The van der Waals surface area contributed by atoms with E-state index in [0.29, 0.717) is 31.5 Å². The lowest BCUT2D eigenvalue weighted by molar-refractivity contribution is -0.149. The van der Waals surface area contributed by atoms with Crippen molar-refractivity contribution < 1.29 is 43.3 Å². The molecule has 9 atom stereocenters. The Labute approximate surface area is 347 Å². The summed E-state index contributed by atoms with van der Waals surface area (Å²) in [6.07, 6.45) is 1.15. The van der Waals surface area contributed by atoms with Gasteiger partial charge in [0.1, 0.15) is 5.78 Å². The zero-order valence-electron chi connectivity index (χ0n) is 37.6. The number of carboxylic acids is 1. The molecule has 2 rings (SSSR count). The van der Waals surface area contributed by atoms with Crippen LogP contribution in [0, 0.1) is 35.5 Å². The van der Waals surface area contributed by atoms with Crippen LogP contribution >= 0.6 is 0 Å². The maximum atomic E-state index is 14.3. The summed E-state index contributed by atoms with van der Waals surface area (Å²) in [4.78, 5) is 85.3. The molecule has 2 unspecified atom stereocenters. The van der Waals surface area contributed by atoms with E-state index >= 15 is 0 Å². The Balaban J connectivity index is 2.25. The van der Waals surface area contributed by atoms with E-state index in [1.165, 1.54) is 7.11 Å². The van der Waals surface area contributed by atoms with Crippen LogP contribution in [0.3, 0.4) is 0 Å². The van der Waals surface area contributed by atoms with Gasteiger partial charge < -0.3 is 29.7 Å². The number of nitrogens with zero attached hydrogens (tertiary/aromatic N) is 3. The first kappa shape index (κ1) is 50.5. The van der Waals surface area contributed by atoms with Crippen LogP contribution in [0.4, 0.5) is 5.69 Å². The average molecular weight is 815 g/mol. The van der Waals surface area contributed by atoms with E-state index in [-0.39, 0.29) is 78.8 Å². The van der Waals surface area contributed by atoms with E-state index in [2.05, 4.69) is 5.32 Å². The number of carbonyl (C=O) groups excluding carboxylic acids is 5. The Bertz CT molecular complexity index is 1510. The van der Waals surface area contributed by atoms with Crippen LogP contribution in [0.2, 0.25) is 0 Å². The lowest BCUT2D eigenvalue weighted by Gasteiger charge is -2.41. The highest BCUT2D eigenvalue weighted by atomic mass is 16.5. The lowest BCUT2D eigenvalue weighted by Crippen LogP contribution is -2.54. The molecule has 2 N–H and O–H groups in total. The summed E-state index contributed by atoms with van der Waals surface area (Å²) in [6.45, 7) is 16.0. The van der Waals surface area contributed by atoms with Gasteiger partial charge in [-0.3, -0.25) is 33.7 Å². The number of hydrogen-bond donors (Lipinski definition) is 2. The number of amides is 3. The molecule has 0 radical (unpaired) electrons. The van der Waals surface area contributed by atoms with Crippen molar-refractivity contribution in [1.29, 1.82) is 0 Å². The summed E-state index contributed by atoms with van der Waals surface area (Å²) in [5.74, 6) is -3.98. The Kier molecular flexibility index (Phi) is 20.7.